The van der Waals surface area contributed by atoms with Crippen LogP contribution in [-0.4, -0.2) is 11.0 Å². The number of rotatable bonds is 1. The lowest BCUT2D eigenvalue weighted by Gasteiger charge is -2.08. The standard InChI is InChI=1S/C9H6F2N2OS/c10-4-1-2-5(6(11)3-4)7-8(14)13-9(15)12-7/h1-3,7H,(H2,12,13,14,15). The van der Waals surface area contributed by atoms with E-state index in [1.54, 1.807) is 0 Å². The van der Waals surface area contributed by atoms with Crippen molar-refractivity contribution in [1.29, 1.82) is 0 Å². The molecule has 1 aromatic rings. The number of benzene rings is 1. The van der Waals surface area contributed by atoms with Gasteiger partial charge in [-0.05, 0) is 18.3 Å². The number of nitrogens with one attached hydrogen (secondary N) is 2. The van der Waals surface area contributed by atoms with E-state index in [0.717, 1.165) is 12.1 Å². The van der Waals surface area contributed by atoms with Crippen LogP contribution in [0.2, 0.25) is 0 Å². The smallest absolute Gasteiger partial charge is 0.253 e. The van der Waals surface area contributed by atoms with Crippen LogP contribution < -0.4 is 10.6 Å². The molecule has 1 amide bonds. The largest absolute Gasteiger partial charge is 0.347 e. The predicted octanol–water partition coefficient (Wildman–Crippen LogP) is 1.01. The van der Waals surface area contributed by atoms with E-state index in [0.29, 0.717) is 0 Å². The first-order chi connectivity index (χ1) is 7.08. The molecule has 0 aliphatic carbocycles. The Morgan fingerprint density at radius 3 is 2.60 bits per heavy atom. The topological polar surface area (TPSA) is 41.1 Å². The lowest BCUT2D eigenvalue weighted by molar-refractivity contribution is -0.120. The number of amides is 1. The minimum absolute atomic E-state index is 0.0775. The quantitative estimate of drug-likeness (QED) is 0.705. The van der Waals surface area contributed by atoms with Crippen LogP contribution in [0.15, 0.2) is 18.2 Å². The first-order valence-electron chi connectivity index (χ1n) is 4.14. The molecule has 0 saturated carbocycles. The minimum Gasteiger partial charge on any atom is -0.347 e. The van der Waals surface area contributed by atoms with Gasteiger partial charge in [0.2, 0.25) is 0 Å². The molecule has 3 nitrogen and oxygen atoms in total. The highest BCUT2D eigenvalue weighted by Gasteiger charge is 2.30. The van der Waals surface area contributed by atoms with Gasteiger partial charge in [0, 0.05) is 11.6 Å². The van der Waals surface area contributed by atoms with E-state index in [1.807, 2.05) is 0 Å². The van der Waals surface area contributed by atoms with Gasteiger partial charge in [-0.25, -0.2) is 8.78 Å². The Morgan fingerprint density at radius 2 is 2.07 bits per heavy atom. The molecular formula is C9H6F2N2OS. The van der Waals surface area contributed by atoms with Crippen LogP contribution in [-0.2, 0) is 4.79 Å². The molecule has 15 heavy (non-hydrogen) atoms. The molecule has 1 aromatic carbocycles. The second-order valence-corrected chi connectivity index (χ2v) is 3.47. The molecule has 0 radical (unpaired) electrons. The zero-order chi connectivity index (χ0) is 11.0. The first kappa shape index (κ1) is 9.97. The fourth-order valence-electron chi connectivity index (χ4n) is 1.37. The van der Waals surface area contributed by atoms with Gasteiger partial charge in [0.05, 0.1) is 0 Å². The Balaban J connectivity index is 2.38. The molecule has 0 spiro atoms. The third-order valence-electron chi connectivity index (χ3n) is 2.05. The highest BCUT2D eigenvalue weighted by Crippen LogP contribution is 2.20. The van der Waals surface area contributed by atoms with E-state index in [2.05, 4.69) is 10.6 Å². The van der Waals surface area contributed by atoms with Crippen LogP contribution in [0, 0.1) is 11.6 Å². The van der Waals surface area contributed by atoms with Crippen molar-refractivity contribution < 1.29 is 13.6 Å². The molecule has 1 fully saturated rings. The number of carbonyl (C=O) groups excluding carboxylic acids is 1. The second-order valence-electron chi connectivity index (χ2n) is 3.06. The third kappa shape index (κ3) is 1.80. The van der Waals surface area contributed by atoms with Crippen LogP contribution >= 0.6 is 12.2 Å². The molecule has 2 N–H and O–H groups in total. The van der Waals surface area contributed by atoms with Gasteiger partial charge in [0.15, 0.2) is 5.11 Å². The molecule has 1 aliphatic rings. The minimum atomic E-state index is -0.877. The molecule has 0 aromatic heterocycles. The van der Waals surface area contributed by atoms with Crippen molar-refractivity contribution in [1.82, 2.24) is 10.6 Å². The second kappa shape index (κ2) is 3.54. The lowest BCUT2D eigenvalue weighted by Crippen LogP contribution is -2.21. The van der Waals surface area contributed by atoms with Gasteiger partial charge in [-0.15, -0.1) is 0 Å². The Morgan fingerprint density at radius 1 is 1.33 bits per heavy atom. The summed E-state index contributed by atoms with van der Waals surface area (Å²) in [4.78, 5) is 11.3. The van der Waals surface area contributed by atoms with Crippen molar-refractivity contribution in [3.8, 4) is 0 Å². The summed E-state index contributed by atoms with van der Waals surface area (Å²) in [6.45, 7) is 0. The zero-order valence-corrected chi connectivity index (χ0v) is 8.20. The Bertz CT molecular complexity index is 450. The monoisotopic (exact) mass is 228 g/mol. The molecule has 1 unspecified atom stereocenters. The first-order valence-corrected chi connectivity index (χ1v) is 4.55. The van der Waals surface area contributed by atoms with Crippen LogP contribution in [0.3, 0.4) is 0 Å². The molecule has 1 heterocycles. The summed E-state index contributed by atoms with van der Waals surface area (Å²) in [6, 6.07) is 2.16. The number of thiocarbonyl (C=S) groups is 1. The molecule has 6 heteroatoms. The Hall–Kier alpha value is -1.56. The van der Waals surface area contributed by atoms with Crippen LogP contribution in [0.25, 0.3) is 0 Å². The summed E-state index contributed by atoms with van der Waals surface area (Å²) in [5.74, 6) is -1.89. The average Bonchev–Trinajstić information content (AvgIpc) is 2.45. The molecule has 78 valence electrons. The highest BCUT2D eigenvalue weighted by molar-refractivity contribution is 7.80. The maximum absolute atomic E-state index is 13.3. The number of hydrogen-bond acceptors (Lipinski definition) is 2. The van der Waals surface area contributed by atoms with E-state index in [1.165, 1.54) is 6.07 Å². The van der Waals surface area contributed by atoms with Gasteiger partial charge in [0.1, 0.15) is 17.7 Å². The molecule has 2 rings (SSSR count). The van der Waals surface area contributed by atoms with Crippen molar-refractivity contribution in [2.75, 3.05) is 0 Å². The lowest BCUT2D eigenvalue weighted by atomic mass is 10.1. The number of halogens is 2. The summed E-state index contributed by atoms with van der Waals surface area (Å²) in [7, 11) is 0. The van der Waals surface area contributed by atoms with Gasteiger partial charge in [-0.3, -0.25) is 4.79 Å². The Kier molecular flexibility index (Phi) is 2.36. The molecule has 1 saturated heterocycles. The summed E-state index contributed by atoms with van der Waals surface area (Å²) in [5, 5.41) is 5.06. The van der Waals surface area contributed by atoms with Crippen molar-refractivity contribution in [3.63, 3.8) is 0 Å². The van der Waals surface area contributed by atoms with E-state index in [4.69, 9.17) is 12.2 Å². The predicted molar refractivity (Wildman–Crippen MR) is 53.0 cm³/mol. The van der Waals surface area contributed by atoms with Crippen LogP contribution in [0.5, 0.6) is 0 Å². The van der Waals surface area contributed by atoms with Gasteiger partial charge in [0.25, 0.3) is 5.91 Å². The Labute approximate surface area is 89.5 Å². The number of carbonyl (C=O) groups is 1. The van der Waals surface area contributed by atoms with Crippen molar-refractivity contribution in [2.24, 2.45) is 0 Å². The van der Waals surface area contributed by atoms with Crippen LogP contribution in [0.4, 0.5) is 8.78 Å². The van der Waals surface area contributed by atoms with Gasteiger partial charge >= 0.3 is 0 Å². The van der Waals surface area contributed by atoms with Crippen molar-refractivity contribution in [3.05, 3.63) is 35.4 Å². The maximum atomic E-state index is 13.3. The fraction of sp³-hybridized carbons (Fsp3) is 0.111. The van der Waals surface area contributed by atoms with Crippen molar-refractivity contribution >= 4 is 23.2 Å². The van der Waals surface area contributed by atoms with Crippen LogP contribution in [0.1, 0.15) is 11.6 Å². The van der Waals surface area contributed by atoms with Crippen molar-refractivity contribution in [2.45, 2.75) is 6.04 Å². The molecule has 1 atom stereocenters. The highest BCUT2D eigenvalue weighted by atomic mass is 32.1. The van der Waals surface area contributed by atoms with E-state index in [-0.39, 0.29) is 10.7 Å². The normalized spacial score (nSPS) is 20.0. The molecule has 1 aliphatic heterocycles. The summed E-state index contributed by atoms with van der Waals surface area (Å²) < 4.78 is 25.9. The van der Waals surface area contributed by atoms with Gasteiger partial charge < -0.3 is 10.6 Å². The molecular weight excluding hydrogens is 222 g/mol. The van der Waals surface area contributed by atoms with Gasteiger partial charge in [-0.2, -0.15) is 0 Å². The maximum Gasteiger partial charge on any atom is 0.253 e. The van der Waals surface area contributed by atoms with Gasteiger partial charge in [-0.1, -0.05) is 6.07 Å². The van der Waals surface area contributed by atoms with E-state index >= 15 is 0 Å². The summed E-state index contributed by atoms with van der Waals surface area (Å²) >= 11 is 4.70. The van der Waals surface area contributed by atoms with E-state index < -0.39 is 23.6 Å². The molecule has 0 bridgehead atoms. The number of hydrogen-bond donors (Lipinski definition) is 2. The van der Waals surface area contributed by atoms with E-state index in [9.17, 15) is 13.6 Å². The summed E-state index contributed by atoms with van der Waals surface area (Å²) in [5.41, 5.74) is 0.0775. The zero-order valence-electron chi connectivity index (χ0n) is 7.38. The SMILES string of the molecule is O=C1NC(=S)NC1c1ccc(F)cc1F. The average molecular weight is 228 g/mol. The summed E-state index contributed by atoms with van der Waals surface area (Å²) in [6.07, 6.45) is 0. The fourth-order valence-corrected chi connectivity index (χ4v) is 1.59. The third-order valence-corrected chi connectivity index (χ3v) is 2.27.